The molecule has 1 aliphatic heterocycles. The Labute approximate surface area is 151 Å². The van der Waals surface area contributed by atoms with Gasteiger partial charge in [0.1, 0.15) is 0 Å². The van der Waals surface area contributed by atoms with Crippen molar-refractivity contribution >= 4 is 40.2 Å². The van der Waals surface area contributed by atoms with E-state index in [2.05, 4.69) is 21.2 Å². The average Bonchev–Trinajstić information content (AvgIpc) is 2.52. The summed E-state index contributed by atoms with van der Waals surface area (Å²) >= 11 is 3.41. The summed E-state index contributed by atoms with van der Waals surface area (Å²) in [6, 6.07) is 5.64. The van der Waals surface area contributed by atoms with E-state index in [0.29, 0.717) is 31.7 Å². The van der Waals surface area contributed by atoms with Crippen molar-refractivity contribution in [2.75, 3.05) is 26.2 Å². The van der Waals surface area contributed by atoms with Crippen LogP contribution < -0.4 is 11.1 Å². The van der Waals surface area contributed by atoms with Gasteiger partial charge in [-0.05, 0) is 43.5 Å². The molecular formula is C16H23BrClN3O2. The number of carbonyl (C=O) groups excluding carboxylic acids is 2. The fourth-order valence-electron chi connectivity index (χ4n) is 2.75. The summed E-state index contributed by atoms with van der Waals surface area (Å²) in [5, 5.41) is 2.81. The number of benzene rings is 1. The lowest BCUT2D eigenvalue weighted by molar-refractivity contribution is -0.126. The molecule has 1 atom stereocenters. The van der Waals surface area contributed by atoms with Crippen LogP contribution in [0.15, 0.2) is 22.7 Å². The molecule has 3 N–H and O–H groups in total. The fourth-order valence-corrected chi connectivity index (χ4v) is 3.23. The van der Waals surface area contributed by atoms with Crippen molar-refractivity contribution in [2.24, 2.45) is 11.7 Å². The first-order chi connectivity index (χ1) is 10.5. The van der Waals surface area contributed by atoms with Crippen molar-refractivity contribution in [3.8, 4) is 0 Å². The Bertz CT molecular complexity index is 568. The number of piperidine rings is 1. The van der Waals surface area contributed by atoms with E-state index in [9.17, 15) is 9.59 Å². The van der Waals surface area contributed by atoms with Gasteiger partial charge in [0.05, 0.1) is 5.92 Å². The number of rotatable bonds is 4. The zero-order valence-corrected chi connectivity index (χ0v) is 15.6. The van der Waals surface area contributed by atoms with Gasteiger partial charge in [0.15, 0.2) is 0 Å². The van der Waals surface area contributed by atoms with E-state index in [-0.39, 0.29) is 30.1 Å². The normalized spacial score (nSPS) is 17.3. The molecule has 0 spiro atoms. The van der Waals surface area contributed by atoms with E-state index in [1.54, 1.807) is 4.90 Å². The van der Waals surface area contributed by atoms with Gasteiger partial charge in [0.25, 0.3) is 5.91 Å². The smallest absolute Gasteiger partial charge is 0.254 e. The standard InChI is InChI=1S/C16H22BrN3O2.ClH/c1-11-9-13(17)4-5-14(11)16(22)20-8-2-3-12(10-20)15(21)19-7-6-18;/h4-5,9,12H,2-3,6-8,10,18H2,1H3,(H,19,21);1H. The maximum atomic E-state index is 12.7. The monoisotopic (exact) mass is 403 g/mol. The molecule has 1 unspecified atom stereocenters. The second-order valence-electron chi connectivity index (χ2n) is 5.63. The number of amides is 2. The second kappa shape index (κ2) is 9.25. The van der Waals surface area contributed by atoms with Crippen LogP contribution in [0.4, 0.5) is 0 Å². The Morgan fingerprint density at radius 3 is 2.83 bits per heavy atom. The summed E-state index contributed by atoms with van der Waals surface area (Å²) in [6.07, 6.45) is 1.67. The molecule has 0 saturated carbocycles. The van der Waals surface area contributed by atoms with Crippen molar-refractivity contribution in [2.45, 2.75) is 19.8 Å². The van der Waals surface area contributed by atoms with Crippen LogP contribution >= 0.6 is 28.3 Å². The second-order valence-corrected chi connectivity index (χ2v) is 6.54. The third-order valence-electron chi connectivity index (χ3n) is 3.94. The van der Waals surface area contributed by atoms with Crippen molar-refractivity contribution in [1.29, 1.82) is 0 Å². The van der Waals surface area contributed by atoms with Crippen LogP contribution in [-0.4, -0.2) is 42.9 Å². The highest BCUT2D eigenvalue weighted by atomic mass is 79.9. The predicted molar refractivity (Wildman–Crippen MR) is 96.8 cm³/mol. The van der Waals surface area contributed by atoms with Gasteiger partial charge in [-0.1, -0.05) is 15.9 Å². The molecule has 1 aliphatic rings. The number of hydrogen-bond acceptors (Lipinski definition) is 3. The van der Waals surface area contributed by atoms with Gasteiger partial charge in [-0.15, -0.1) is 12.4 Å². The van der Waals surface area contributed by atoms with Crippen LogP contribution in [0.25, 0.3) is 0 Å². The third kappa shape index (κ3) is 5.19. The molecule has 5 nitrogen and oxygen atoms in total. The Hall–Kier alpha value is -1.11. The summed E-state index contributed by atoms with van der Waals surface area (Å²) in [6.45, 7) is 4.02. The molecule has 7 heteroatoms. The number of carbonyl (C=O) groups is 2. The Kier molecular flexibility index (Phi) is 8.02. The largest absolute Gasteiger partial charge is 0.355 e. The quantitative estimate of drug-likeness (QED) is 0.807. The van der Waals surface area contributed by atoms with Crippen LogP contribution in [0.1, 0.15) is 28.8 Å². The number of nitrogens with two attached hydrogens (primary N) is 1. The first kappa shape index (κ1) is 19.9. The highest BCUT2D eigenvalue weighted by Crippen LogP contribution is 2.22. The van der Waals surface area contributed by atoms with E-state index < -0.39 is 0 Å². The molecule has 2 amide bonds. The van der Waals surface area contributed by atoms with Crippen LogP contribution in [-0.2, 0) is 4.79 Å². The number of aryl methyl sites for hydroxylation is 1. The van der Waals surface area contributed by atoms with Gasteiger partial charge < -0.3 is 16.0 Å². The van der Waals surface area contributed by atoms with Gasteiger partial charge in [0, 0.05) is 36.2 Å². The Morgan fingerprint density at radius 1 is 1.43 bits per heavy atom. The van der Waals surface area contributed by atoms with Gasteiger partial charge in [-0.2, -0.15) is 0 Å². The van der Waals surface area contributed by atoms with Crippen molar-refractivity contribution < 1.29 is 9.59 Å². The highest BCUT2D eigenvalue weighted by molar-refractivity contribution is 9.10. The molecule has 1 heterocycles. The lowest BCUT2D eigenvalue weighted by Crippen LogP contribution is -2.46. The average molecular weight is 405 g/mol. The van der Waals surface area contributed by atoms with Crippen LogP contribution in [0.5, 0.6) is 0 Å². The molecule has 0 radical (unpaired) electrons. The Morgan fingerprint density at radius 2 is 2.17 bits per heavy atom. The van der Waals surface area contributed by atoms with Gasteiger partial charge in [-0.25, -0.2) is 0 Å². The molecule has 1 aromatic rings. The van der Waals surface area contributed by atoms with Crippen molar-refractivity contribution in [3.63, 3.8) is 0 Å². The minimum atomic E-state index is -0.139. The molecule has 1 aromatic carbocycles. The first-order valence-electron chi connectivity index (χ1n) is 7.56. The topological polar surface area (TPSA) is 75.4 Å². The maximum Gasteiger partial charge on any atom is 0.254 e. The number of likely N-dealkylation sites (tertiary alicyclic amines) is 1. The molecule has 2 rings (SSSR count). The van der Waals surface area contributed by atoms with Crippen LogP contribution in [0.3, 0.4) is 0 Å². The molecule has 0 aliphatic carbocycles. The zero-order valence-electron chi connectivity index (χ0n) is 13.2. The molecular weight excluding hydrogens is 382 g/mol. The molecule has 23 heavy (non-hydrogen) atoms. The molecule has 1 saturated heterocycles. The molecule has 1 fully saturated rings. The van der Waals surface area contributed by atoms with E-state index in [1.807, 2.05) is 25.1 Å². The van der Waals surface area contributed by atoms with Crippen LogP contribution in [0, 0.1) is 12.8 Å². The van der Waals surface area contributed by atoms with Gasteiger partial charge >= 0.3 is 0 Å². The summed E-state index contributed by atoms with van der Waals surface area (Å²) < 4.78 is 0.958. The lowest BCUT2D eigenvalue weighted by Gasteiger charge is -2.32. The number of nitrogens with one attached hydrogen (secondary N) is 1. The lowest BCUT2D eigenvalue weighted by atomic mass is 9.96. The maximum absolute atomic E-state index is 12.7. The summed E-state index contributed by atoms with van der Waals surface area (Å²) in [4.78, 5) is 26.5. The zero-order chi connectivity index (χ0) is 16.1. The number of hydrogen-bond donors (Lipinski definition) is 2. The summed E-state index contributed by atoms with van der Waals surface area (Å²) in [5.41, 5.74) is 7.04. The van der Waals surface area contributed by atoms with Gasteiger partial charge in [0.2, 0.25) is 5.91 Å². The fraction of sp³-hybridized carbons (Fsp3) is 0.500. The third-order valence-corrected chi connectivity index (χ3v) is 4.44. The number of halogens is 2. The summed E-state index contributed by atoms with van der Waals surface area (Å²) in [5.74, 6) is -0.142. The van der Waals surface area contributed by atoms with E-state index >= 15 is 0 Å². The van der Waals surface area contributed by atoms with E-state index in [0.717, 1.165) is 22.9 Å². The van der Waals surface area contributed by atoms with Crippen LogP contribution in [0.2, 0.25) is 0 Å². The summed E-state index contributed by atoms with van der Waals surface area (Å²) in [7, 11) is 0. The minimum Gasteiger partial charge on any atom is -0.355 e. The SMILES string of the molecule is Cc1cc(Br)ccc1C(=O)N1CCCC(C(=O)NCCN)C1.Cl. The minimum absolute atomic E-state index is 0. The molecule has 128 valence electrons. The number of nitrogens with zero attached hydrogens (tertiary/aromatic N) is 1. The van der Waals surface area contributed by atoms with Crippen molar-refractivity contribution in [1.82, 2.24) is 10.2 Å². The predicted octanol–water partition coefficient (Wildman–Crippen LogP) is 2.11. The van der Waals surface area contributed by atoms with E-state index in [4.69, 9.17) is 5.73 Å². The highest BCUT2D eigenvalue weighted by Gasteiger charge is 2.29. The van der Waals surface area contributed by atoms with Crippen molar-refractivity contribution in [3.05, 3.63) is 33.8 Å². The molecule has 0 aromatic heterocycles. The Balaban J connectivity index is 0.00000264. The van der Waals surface area contributed by atoms with E-state index in [1.165, 1.54) is 0 Å². The first-order valence-corrected chi connectivity index (χ1v) is 8.35. The van der Waals surface area contributed by atoms with Gasteiger partial charge in [-0.3, -0.25) is 9.59 Å². The molecule has 0 bridgehead atoms.